The van der Waals surface area contributed by atoms with Crippen LogP contribution in [0.3, 0.4) is 0 Å². The van der Waals surface area contributed by atoms with E-state index in [1.807, 2.05) is 0 Å². The third-order valence-electron chi connectivity index (χ3n) is 2.56. The Bertz CT molecular complexity index is 750. The lowest BCUT2D eigenvalue weighted by molar-refractivity contribution is -0.384. The molecule has 112 valence electrons. The molecule has 0 saturated heterocycles. The number of nitrogens with one attached hydrogen (secondary N) is 1. The van der Waals surface area contributed by atoms with Gasteiger partial charge in [0.05, 0.1) is 21.7 Å². The summed E-state index contributed by atoms with van der Waals surface area (Å²) >= 11 is 11.6. The first-order valence-electron chi connectivity index (χ1n) is 5.86. The van der Waals surface area contributed by atoms with Crippen LogP contribution in [0.2, 0.25) is 10.0 Å². The quantitative estimate of drug-likeness (QED) is 0.526. The van der Waals surface area contributed by atoms with Gasteiger partial charge in [0.15, 0.2) is 0 Å². The molecule has 1 N–H and O–H groups in total. The molecule has 0 atom stereocenters. The van der Waals surface area contributed by atoms with Crippen molar-refractivity contribution in [1.29, 1.82) is 0 Å². The number of nitrogens with zero attached hydrogens (tertiary/aromatic N) is 3. The maximum atomic E-state index is 11.7. The summed E-state index contributed by atoms with van der Waals surface area (Å²) in [4.78, 5) is 25.7. The summed E-state index contributed by atoms with van der Waals surface area (Å²) in [6.45, 7) is 0. The van der Waals surface area contributed by atoms with Crippen LogP contribution < -0.4 is 5.43 Å². The average Bonchev–Trinajstić information content (AvgIpc) is 2.49. The first kappa shape index (κ1) is 15.9. The fourth-order valence-electron chi connectivity index (χ4n) is 1.51. The number of carbonyl (C=O) groups is 1. The van der Waals surface area contributed by atoms with Gasteiger partial charge in [-0.3, -0.25) is 19.9 Å². The molecule has 0 radical (unpaired) electrons. The second-order valence-electron chi connectivity index (χ2n) is 4.02. The Morgan fingerprint density at radius 1 is 1.36 bits per heavy atom. The number of aromatic nitrogens is 1. The molecule has 0 unspecified atom stereocenters. The van der Waals surface area contributed by atoms with Gasteiger partial charge in [0.25, 0.3) is 11.6 Å². The van der Waals surface area contributed by atoms with E-state index in [0.29, 0.717) is 5.56 Å². The second-order valence-corrected chi connectivity index (χ2v) is 4.84. The van der Waals surface area contributed by atoms with E-state index >= 15 is 0 Å². The third-order valence-corrected chi connectivity index (χ3v) is 3.19. The van der Waals surface area contributed by atoms with Gasteiger partial charge in [0.1, 0.15) is 5.02 Å². The summed E-state index contributed by atoms with van der Waals surface area (Å²) in [5, 5.41) is 14.6. The summed E-state index contributed by atoms with van der Waals surface area (Å²) in [7, 11) is 0. The smallest absolute Gasteiger partial charge is 0.267 e. The molecular formula is C13H8Cl2N4O3. The number of nitro groups is 1. The van der Waals surface area contributed by atoms with E-state index in [9.17, 15) is 14.9 Å². The molecule has 0 aliphatic carbocycles. The minimum absolute atomic E-state index is 0.0773. The van der Waals surface area contributed by atoms with Crippen LogP contribution >= 0.6 is 23.2 Å². The van der Waals surface area contributed by atoms with Crippen molar-refractivity contribution >= 4 is 41.0 Å². The molecule has 0 bridgehead atoms. The van der Waals surface area contributed by atoms with Gasteiger partial charge in [-0.05, 0) is 18.2 Å². The summed E-state index contributed by atoms with van der Waals surface area (Å²) in [6.07, 6.45) is 4.11. The Morgan fingerprint density at radius 3 is 2.77 bits per heavy atom. The van der Waals surface area contributed by atoms with E-state index in [1.54, 1.807) is 12.1 Å². The highest BCUT2D eigenvalue weighted by Crippen LogP contribution is 2.29. The molecule has 7 nitrogen and oxygen atoms in total. The molecule has 1 amide bonds. The maximum absolute atomic E-state index is 11.7. The molecule has 2 aromatic rings. The zero-order valence-electron chi connectivity index (χ0n) is 10.9. The topological polar surface area (TPSA) is 97.5 Å². The van der Waals surface area contributed by atoms with Crippen LogP contribution in [0.5, 0.6) is 0 Å². The van der Waals surface area contributed by atoms with E-state index in [0.717, 1.165) is 0 Å². The Hall–Kier alpha value is -2.51. The monoisotopic (exact) mass is 338 g/mol. The van der Waals surface area contributed by atoms with E-state index in [1.165, 1.54) is 30.7 Å². The van der Waals surface area contributed by atoms with Crippen molar-refractivity contribution in [3.8, 4) is 0 Å². The molecule has 2 rings (SSSR count). The van der Waals surface area contributed by atoms with Crippen molar-refractivity contribution in [2.75, 3.05) is 0 Å². The Labute approximate surface area is 134 Å². The highest BCUT2D eigenvalue weighted by atomic mass is 35.5. The molecule has 9 heteroatoms. The van der Waals surface area contributed by atoms with Gasteiger partial charge >= 0.3 is 0 Å². The van der Waals surface area contributed by atoms with Crippen molar-refractivity contribution in [3.63, 3.8) is 0 Å². The molecule has 1 aromatic heterocycles. The number of halogens is 2. The van der Waals surface area contributed by atoms with E-state index in [2.05, 4.69) is 15.5 Å². The number of amides is 1. The lowest BCUT2D eigenvalue weighted by Crippen LogP contribution is -2.17. The molecule has 0 aliphatic rings. The highest BCUT2D eigenvalue weighted by Gasteiger charge is 2.15. The van der Waals surface area contributed by atoms with Crippen LogP contribution in [0.4, 0.5) is 5.69 Å². The summed E-state index contributed by atoms with van der Waals surface area (Å²) in [5.41, 5.74) is 2.55. The zero-order valence-corrected chi connectivity index (χ0v) is 12.4. The fourth-order valence-corrected chi connectivity index (χ4v) is 2.02. The molecule has 1 heterocycles. The second kappa shape index (κ2) is 6.97. The van der Waals surface area contributed by atoms with E-state index in [4.69, 9.17) is 23.2 Å². The minimum atomic E-state index is -0.635. The summed E-state index contributed by atoms with van der Waals surface area (Å²) in [6, 6.07) is 5.59. The molecular weight excluding hydrogens is 331 g/mol. The Kier molecular flexibility index (Phi) is 5.03. The largest absolute Gasteiger partial charge is 0.288 e. The van der Waals surface area contributed by atoms with Crippen molar-refractivity contribution < 1.29 is 9.72 Å². The predicted molar refractivity (Wildman–Crippen MR) is 82.4 cm³/mol. The first-order valence-corrected chi connectivity index (χ1v) is 6.61. The number of pyridine rings is 1. The van der Waals surface area contributed by atoms with Crippen molar-refractivity contribution in [2.45, 2.75) is 0 Å². The maximum Gasteiger partial charge on any atom is 0.288 e. The number of hydrazone groups is 1. The molecule has 0 aliphatic heterocycles. The lowest BCUT2D eigenvalue weighted by Gasteiger charge is -2.01. The lowest BCUT2D eigenvalue weighted by atomic mass is 10.2. The van der Waals surface area contributed by atoms with Gasteiger partial charge in [-0.15, -0.1) is 0 Å². The number of benzene rings is 1. The molecule has 0 saturated carbocycles. The van der Waals surface area contributed by atoms with E-state index < -0.39 is 10.8 Å². The van der Waals surface area contributed by atoms with E-state index in [-0.39, 0.29) is 21.3 Å². The number of nitro benzene ring substituents is 1. The number of hydrogen-bond acceptors (Lipinski definition) is 5. The van der Waals surface area contributed by atoms with Crippen molar-refractivity contribution in [3.05, 3.63) is 67.9 Å². The van der Waals surface area contributed by atoms with Gasteiger partial charge in [-0.1, -0.05) is 23.2 Å². The molecule has 0 fully saturated rings. The normalized spacial score (nSPS) is 10.6. The standard InChI is InChI=1S/C13H8Cl2N4O3/c14-10-5-11(15)12(19(21)22)4-9(10)7-17-18-13(20)8-2-1-3-16-6-8/h1-7H,(H,18,20). The van der Waals surface area contributed by atoms with Gasteiger partial charge in [-0.25, -0.2) is 5.43 Å². The van der Waals surface area contributed by atoms with Gasteiger partial charge in [0.2, 0.25) is 0 Å². The van der Waals surface area contributed by atoms with Gasteiger partial charge in [-0.2, -0.15) is 5.10 Å². The van der Waals surface area contributed by atoms with Crippen LogP contribution in [-0.2, 0) is 0 Å². The molecule has 22 heavy (non-hydrogen) atoms. The minimum Gasteiger partial charge on any atom is -0.267 e. The fraction of sp³-hybridized carbons (Fsp3) is 0. The zero-order chi connectivity index (χ0) is 16.1. The predicted octanol–water partition coefficient (Wildman–Crippen LogP) is 3.06. The van der Waals surface area contributed by atoms with Crippen LogP contribution in [0, 0.1) is 10.1 Å². The van der Waals surface area contributed by atoms with Crippen LogP contribution in [0.25, 0.3) is 0 Å². The first-order chi connectivity index (χ1) is 10.5. The van der Waals surface area contributed by atoms with Crippen molar-refractivity contribution in [2.24, 2.45) is 5.10 Å². The third kappa shape index (κ3) is 3.78. The van der Waals surface area contributed by atoms with Gasteiger partial charge < -0.3 is 0 Å². The van der Waals surface area contributed by atoms with Crippen molar-refractivity contribution in [1.82, 2.24) is 10.4 Å². The molecule has 0 spiro atoms. The Balaban J connectivity index is 2.15. The SMILES string of the molecule is O=C(NN=Cc1cc([N+](=O)[O-])c(Cl)cc1Cl)c1cccnc1. The summed E-state index contributed by atoms with van der Waals surface area (Å²) in [5.74, 6) is -0.469. The summed E-state index contributed by atoms with van der Waals surface area (Å²) < 4.78 is 0. The average molecular weight is 339 g/mol. The number of carbonyl (C=O) groups excluding carboxylic acids is 1. The van der Waals surface area contributed by atoms with Crippen LogP contribution in [0.15, 0.2) is 41.8 Å². The van der Waals surface area contributed by atoms with Gasteiger partial charge in [0, 0.05) is 24.0 Å². The molecule has 1 aromatic carbocycles. The highest BCUT2D eigenvalue weighted by molar-refractivity contribution is 6.37. The van der Waals surface area contributed by atoms with Crippen LogP contribution in [-0.4, -0.2) is 22.0 Å². The Morgan fingerprint density at radius 2 is 2.14 bits per heavy atom. The number of hydrogen-bond donors (Lipinski definition) is 1. The number of rotatable bonds is 4. The van der Waals surface area contributed by atoms with Crippen LogP contribution in [0.1, 0.15) is 15.9 Å².